The summed E-state index contributed by atoms with van der Waals surface area (Å²) in [6, 6.07) is 10.2. The molecule has 0 saturated carbocycles. The average molecular weight is 290 g/mol. The van der Waals surface area contributed by atoms with Crippen LogP contribution in [0.3, 0.4) is 0 Å². The van der Waals surface area contributed by atoms with Crippen molar-refractivity contribution in [3.05, 3.63) is 48.6 Å². The normalized spacial score (nSPS) is 21.3. The molecule has 2 atom stereocenters. The fourth-order valence-corrected chi connectivity index (χ4v) is 2.40. The van der Waals surface area contributed by atoms with Crippen molar-refractivity contribution in [1.82, 2.24) is 10.4 Å². The van der Waals surface area contributed by atoms with Crippen molar-refractivity contribution in [2.75, 3.05) is 13.2 Å². The lowest BCUT2D eigenvalue weighted by Crippen LogP contribution is -2.37. The summed E-state index contributed by atoms with van der Waals surface area (Å²) in [6.07, 6.45) is 2.12. The third-order valence-corrected chi connectivity index (χ3v) is 3.47. The third-order valence-electron chi connectivity index (χ3n) is 3.47. The fraction of sp³-hybridized carbons (Fsp3) is 0.438. The molecular weight excluding hydrogens is 268 g/mol. The first-order chi connectivity index (χ1) is 10.2. The first-order valence-electron chi connectivity index (χ1n) is 7.16. The summed E-state index contributed by atoms with van der Waals surface area (Å²) >= 11 is 0. The third kappa shape index (κ3) is 4.58. The fourth-order valence-electron chi connectivity index (χ4n) is 2.40. The molecule has 0 bridgehead atoms. The molecule has 0 aromatic heterocycles. The van der Waals surface area contributed by atoms with Crippen molar-refractivity contribution >= 4 is 6.09 Å². The molecule has 1 aromatic carbocycles. The maximum absolute atomic E-state index is 11.8. The van der Waals surface area contributed by atoms with E-state index in [4.69, 9.17) is 9.57 Å². The number of carbonyl (C=O) groups excluding carboxylic acids is 1. The van der Waals surface area contributed by atoms with Gasteiger partial charge in [-0.05, 0) is 18.9 Å². The van der Waals surface area contributed by atoms with Crippen LogP contribution in [0.5, 0.6) is 0 Å². The summed E-state index contributed by atoms with van der Waals surface area (Å²) in [7, 11) is 0. The van der Waals surface area contributed by atoms with Crippen LogP contribution in [-0.2, 0) is 16.2 Å². The number of likely N-dealkylation sites (tertiary alicyclic amines) is 1. The van der Waals surface area contributed by atoms with Crippen molar-refractivity contribution < 1.29 is 14.4 Å². The van der Waals surface area contributed by atoms with Crippen LogP contribution in [-0.4, -0.2) is 36.2 Å². The average Bonchev–Trinajstić information content (AvgIpc) is 2.87. The Kier molecular flexibility index (Phi) is 5.78. The van der Waals surface area contributed by atoms with Gasteiger partial charge in [0.1, 0.15) is 6.61 Å². The quantitative estimate of drug-likeness (QED) is 0.646. The lowest BCUT2D eigenvalue weighted by Gasteiger charge is -2.20. The molecule has 5 heteroatoms. The molecule has 1 aromatic rings. The Bertz CT molecular complexity index is 464. The molecule has 1 amide bonds. The van der Waals surface area contributed by atoms with E-state index >= 15 is 0 Å². The second-order valence-electron chi connectivity index (χ2n) is 5.19. The van der Waals surface area contributed by atoms with E-state index in [0.29, 0.717) is 13.2 Å². The highest BCUT2D eigenvalue weighted by atomic mass is 16.6. The number of benzene rings is 1. The summed E-state index contributed by atoms with van der Waals surface area (Å²) in [5.74, 6) is 0. The molecule has 5 nitrogen and oxygen atoms in total. The Morgan fingerprint density at radius 2 is 2.24 bits per heavy atom. The highest BCUT2D eigenvalue weighted by Crippen LogP contribution is 2.18. The van der Waals surface area contributed by atoms with Gasteiger partial charge in [0.15, 0.2) is 0 Å². The number of hydrogen-bond acceptors (Lipinski definition) is 4. The van der Waals surface area contributed by atoms with Crippen LogP contribution in [0.25, 0.3) is 0 Å². The van der Waals surface area contributed by atoms with E-state index in [9.17, 15) is 4.79 Å². The molecule has 21 heavy (non-hydrogen) atoms. The van der Waals surface area contributed by atoms with Gasteiger partial charge in [0, 0.05) is 12.6 Å². The molecule has 114 valence electrons. The Balaban J connectivity index is 1.73. The zero-order valence-corrected chi connectivity index (χ0v) is 12.3. The van der Waals surface area contributed by atoms with Crippen LogP contribution >= 0.6 is 0 Å². The van der Waals surface area contributed by atoms with Crippen molar-refractivity contribution in [1.29, 1.82) is 0 Å². The highest BCUT2D eigenvalue weighted by Gasteiger charge is 2.33. The Morgan fingerprint density at radius 1 is 1.48 bits per heavy atom. The molecule has 0 spiro atoms. The molecule has 0 aliphatic carbocycles. The van der Waals surface area contributed by atoms with Gasteiger partial charge in [-0.15, -0.1) is 0 Å². The molecule has 1 aliphatic rings. The minimum absolute atomic E-state index is 0.125. The van der Waals surface area contributed by atoms with Gasteiger partial charge in [0.2, 0.25) is 0 Å². The minimum atomic E-state index is -0.297. The van der Waals surface area contributed by atoms with Gasteiger partial charge in [-0.2, -0.15) is 5.48 Å². The van der Waals surface area contributed by atoms with E-state index in [-0.39, 0.29) is 24.8 Å². The summed E-state index contributed by atoms with van der Waals surface area (Å²) in [5, 5.41) is 0. The van der Waals surface area contributed by atoms with E-state index in [1.165, 1.54) is 0 Å². The molecule has 1 heterocycles. The number of carbonyl (C=O) groups is 1. The van der Waals surface area contributed by atoms with Crippen LogP contribution in [0.1, 0.15) is 18.9 Å². The first kappa shape index (κ1) is 15.5. The van der Waals surface area contributed by atoms with Crippen LogP contribution in [0.4, 0.5) is 4.79 Å². The predicted molar refractivity (Wildman–Crippen MR) is 80.5 cm³/mol. The van der Waals surface area contributed by atoms with Gasteiger partial charge in [0.05, 0.1) is 12.6 Å². The molecule has 1 fully saturated rings. The van der Waals surface area contributed by atoms with Gasteiger partial charge >= 0.3 is 6.09 Å². The zero-order valence-electron chi connectivity index (χ0n) is 12.3. The second kappa shape index (κ2) is 7.81. The number of nitrogens with zero attached hydrogens (tertiary/aromatic N) is 1. The standard InChI is InChI=1S/C16H22N2O3/c1-3-9-20-16(19)18-11-15(10-13(18)2)17-21-12-14-7-5-4-6-8-14/h3-8,13,15,17H,1,9-12H2,2H3/t13-,15-/m1/s1. The zero-order chi connectivity index (χ0) is 15.1. The largest absolute Gasteiger partial charge is 0.445 e. The van der Waals surface area contributed by atoms with Crippen LogP contribution in [0.15, 0.2) is 43.0 Å². The molecule has 1 aliphatic heterocycles. The van der Waals surface area contributed by atoms with Gasteiger partial charge < -0.3 is 9.64 Å². The molecule has 1 saturated heterocycles. The SMILES string of the molecule is C=CCOC(=O)N1C[C@H](NOCc2ccccc2)C[C@H]1C. The Morgan fingerprint density at radius 3 is 2.95 bits per heavy atom. The topological polar surface area (TPSA) is 50.8 Å². The monoisotopic (exact) mass is 290 g/mol. The van der Waals surface area contributed by atoms with Crippen molar-refractivity contribution in [2.24, 2.45) is 0 Å². The Hall–Kier alpha value is -1.85. The van der Waals surface area contributed by atoms with Crippen LogP contribution in [0.2, 0.25) is 0 Å². The maximum Gasteiger partial charge on any atom is 0.410 e. The van der Waals surface area contributed by atoms with E-state index in [1.807, 2.05) is 37.3 Å². The second-order valence-corrected chi connectivity index (χ2v) is 5.19. The molecule has 1 N–H and O–H groups in total. The number of rotatable bonds is 6. The van der Waals surface area contributed by atoms with Crippen molar-refractivity contribution in [2.45, 2.75) is 32.0 Å². The molecular formula is C16H22N2O3. The lowest BCUT2D eigenvalue weighted by molar-refractivity contribution is 0.00563. The minimum Gasteiger partial charge on any atom is -0.445 e. The summed E-state index contributed by atoms with van der Waals surface area (Å²) in [5.41, 5.74) is 4.14. The van der Waals surface area contributed by atoms with E-state index < -0.39 is 0 Å². The number of amides is 1. The predicted octanol–water partition coefficient (Wildman–Crippen LogP) is 2.49. The summed E-state index contributed by atoms with van der Waals surface area (Å²) < 4.78 is 5.07. The number of hydroxylamine groups is 1. The van der Waals surface area contributed by atoms with Gasteiger partial charge in [-0.25, -0.2) is 4.79 Å². The number of ether oxygens (including phenoxy) is 1. The first-order valence-corrected chi connectivity index (χ1v) is 7.16. The van der Waals surface area contributed by atoms with Gasteiger partial charge in [-0.3, -0.25) is 4.84 Å². The van der Waals surface area contributed by atoms with Crippen LogP contribution in [0, 0.1) is 0 Å². The molecule has 0 unspecified atom stereocenters. The smallest absolute Gasteiger partial charge is 0.410 e. The molecule has 0 radical (unpaired) electrons. The van der Waals surface area contributed by atoms with E-state index in [1.54, 1.807) is 11.0 Å². The number of hydrogen-bond donors (Lipinski definition) is 1. The van der Waals surface area contributed by atoms with Gasteiger partial charge in [0.25, 0.3) is 0 Å². The Labute approximate surface area is 125 Å². The molecule has 2 rings (SSSR count). The van der Waals surface area contributed by atoms with Gasteiger partial charge in [-0.1, -0.05) is 43.0 Å². The lowest BCUT2D eigenvalue weighted by atomic mass is 10.2. The van der Waals surface area contributed by atoms with E-state index in [2.05, 4.69) is 12.1 Å². The van der Waals surface area contributed by atoms with Crippen LogP contribution < -0.4 is 5.48 Å². The number of nitrogens with one attached hydrogen (secondary N) is 1. The van der Waals surface area contributed by atoms with Crippen molar-refractivity contribution in [3.8, 4) is 0 Å². The van der Waals surface area contributed by atoms with Crippen molar-refractivity contribution in [3.63, 3.8) is 0 Å². The van der Waals surface area contributed by atoms with E-state index in [0.717, 1.165) is 12.0 Å². The highest BCUT2D eigenvalue weighted by molar-refractivity contribution is 5.68. The summed E-state index contributed by atoms with van der Waals surface area (Å²) in [6.45, 7) is 6.88. The summed E-state index contributed by atoms with van der Waals surface area (Å²) in [4.78, 5) is 19.1. The maximum atomic E-state index is 11.8.